The van der Waals surface area contributed by atoms with Crippen LogP contribution in [0.1, 0.15) is 34.5 Å². The molecule has 4 aromatic rings. The third kappa shape index (κ3) is 5.14. The number of nitrogens with zero attached hydrogens (tertiary/aromatic N) is 2. The first-order valence-electron chi connectivity index (χ1n) is 10.2. The van der Waals surface area contributed by atoms with Crippen molar-refractivity contribution in [1.29, 1.82) is 0 Å². The molecule has 31 heavy (non-hydrogen) atoms. The first kappa shape index (κ1) is 20.3. The molecule has 5 heteroatoms. The molecule has 0 saturated heterocycles. The predicted octanol–water partition coefficient (Wildman–Crippen LogP) is 5.69. The Morgan fingerprint density at radius 1 is 0.903 bits per heavy atom. The molecular weight excluding hydrogens is 384 g/mol. The van der Waals surface area contributed by atoms with Crippen LogP contribution >= 0.6 is 0 Å². The van der Waals surface area contributed by atoms with Gasteiger partial charge in [-0.05, 0) is 43.7 Å². The molecule has 0 radical (unpaired) electrons. The number of nitrogens with one attached hydrogen (secondary N) is 2. The Morgan fingerprint density at radius 3 is 2.45 bits per heavy atom. The van der Waals surface area contributed by atoms with E-state index in [1.807, 2.05) is 86.6 Å². The van der Waals surface area contributed by atoms with Gasteiger partial charge in [-0.25, -0.2) is 9.97 Å². The molecule has 1 amide bonds. The summed E-state index contributed by atoms with van der Waals surface area (Å²) in [5.74, 6) is 1.19. The van der Waals surface area contributed by atoms with Crippen molar-refractivity contribution < 1.29 is 4.79 Å². The molecule has 0 fully saturated rings. The fourth-order valence-electron chi connectivity index (χ4n) is 3.26. The van der Waals surface area contributed by atoms with Crippen LogP contribution in [0, 0.1) is 6.92 Å². The largest absolute Gasteiger partial charge is 0.346 e. The van der Waals surface area contributed by atoms with Crippen molar-refractivity contribution in [2.45, 2.75) is 19.9 Å². The van der Waals surface area contributed by atoms with Crippen LogP contribution in [0.5, 0.6) is 0 Å². The van der Waals surface area contributed by atoms with Crippen LogP contribution in [0.2, 0.25) is 0 Å². The minimum Gasteiger partial charge on any atom is -0.346 e. The van der Waals surface area contributed by atoms with E-state index in [0.717, 1.165) is 16.8 Å². The highest BCUT2D eigenvalue weighted by atomic mass is 16.1. The summed E-state index contributed by atoms with van der Waals surface area (Å²) < 4.78 is 0. The van der Waals surface area contributed by atoms with E-state index in [4.69, 9.17) is 0 Å². The highest BCUT2D eigenvalue weighted by molar-refractivity contribution is 5.95. The lowest BCUT2D eigenvalue weighted by Crippen LogP contribution is -2.26. The van der Waals surface area contributed by atoms with E-state index in [0.29, 0.717) is 17.2 Å². The second-order valence-electron chi connectivity index (χ2n) is 7.44. The molecule has 0 spiro atoms. The van der Waals surface area contributed by atoms with Gasteiger partial charge in [0.25, 0.3) is 5.91 Å². The molecule has 5 nitrogen and oxygen atoms in total. The zero-order valence-electron chi connectivity index (χ0n) is 17.5. The van der Waals surface area contributed by atoms with Crippen molar-refractivity contribution in [2.75, 3.05) is 5.32 Å². The minimum atomic E-state index is -0.121. The van der Waals surface area contributed by atoms with Gasteiger partial charge < -0.3 is 10.6 Å². The Bertz CT molecular complexity index is 1170. The molecular formula is C26H24N4O. The Hall–Kier alpha value is -3.99. The topological polar surface area (TPSA) is 66.9 Å². The smallest absolute Gasteiger partial charge is 0.251 e. The van der Waals surface area contributed by atoms with Crippen LogP contribution in [-0.2, 0) is 0 Å². The van der Waals surface area contributed by atoms with Gasteiger partial charge in [0, 0.05) is 23.0 Å². The summed E-state index contributed by atoms with van der Waals surface area (Å²) in [6, 6.07) is 27.1. The van der Waals surface area contributed by atoms with Crippen molar-refractivity contribution in [3.63, 3.8) is 0 Å². The number of carbonyl (C=O) groups is 1. The molecule has 0 aliphatic rings. The molecule has 0 aliphatic heterocycles. The zero-order chi connectivity index (χ0) is 21.6. The molecule has 4 rings (SSSR count). The van der Waals surface area contributed by atoms with Crippen LogP contribution in [0.3, 0.4) is 0 Å². The highest BCUT2D eigenvalue weighted by Gasteiger charge is 2.12. The molecule has 2 N–H and O–H groups in total. The zero-order valence-corrected chi connectivity index (χ0v) is 17.5. The molecule has 1 atom stereocenters. The molecule has 0 saturated carbocycles. The second-order valence-corrected chi connectivity index (χ2v) is 7.44. The van der Waals surface area contributed by atoms with Crippen molar-refractivity contribution in [3.8, 4) is 11.4 Å². The van der Waals surface area contributed by atoms with E-state index in [1.165, 1.54) is 5.56 Å². The summed E-state index contributed by atoms with van der Waals surface area (Å²) in [5.41, 5.74) is 4.59. The summed E-state index contributed by atoms with van der Waals surface area (Å²) in [6.07, 6.45) is 1.72. The van der Waals surface area contributed by atoms with E-state index in [2.05, 4.69) is 20.6 Å². The number of amides is 1. The fraction of sp³-hybridized carbons (Fsp3) is 0.115. The van der Waals surface area contributed by atoms with E-state index in [-0.39, 0.29) is 11.9 Å². The van der Waals surface area contributed by atoms with Crippen molar-refractivity contribution in [1.82, 2.24) is 15.3 Å². The number of rotatable bonds is 6. The molecule has 0 bridgehead atoms. The Balaban J connectivity index is 1.47. The number of aromatic nitrogens is 2. The maximum Gasteiger partial charge on any atom is 0.251 e. The molecule has 154 valence electrons. The van der Waals surface area contributed by atoms with Gasteiger partial charge in [-0.1, -0.05) is 66.2 Å². The quantitative estimate of drug-likeness (QED) is 0.430. The van der Waals surface area contributed by atoms with Gasteiger partial charge in [0.05, 0.1) is 6.04 Å². The van der Waals surface area contributed by atoms with Crippen molar-refractivity contribution in [2.24, 2.45) is 0 Å². The molecule has 0 unspecified atom stereocenters. The van der Waals surface area contributed by atoms with E-state index < -0.39 is 0 Å². The van der Waals surface area contributed by atoms with E-state index in [1.54, 1.807) is 18.3 Å². The summed E-state index contributed by atoms with van der Waals surface area (Å²) in [4.78, 5) is 21.7. The average molecular weight is 409 g/mol. The average Bonchev–Trinajstić information content (AvgIpc) is 2.80. The van der Waals surface area contributed by atoms with Crippen molar-refractivity contribution >= 4 is 17.4 Å². The first-order chi connectivity index (χ1) is 15.1. The summed E-state index contributed by atoms with van der Waals surface area (Å²) in [6.45, 7) is 4.03. The third-order valence-electron chi connectivity index (χ3n) is 5.01. The van der Waals surface area contributed by atoms with Gasteiger partial charge in [0.1, 0.15) is 5.82 Å². The first-order valence-corrected chi connectivity index (χ1v) is 10.2. The van der Waals surface area contributed by atoms with Crippen LogP contribution in [0.25, 0.3) is 11.4 Å². The molecule has 3 aromatic carbocycles. The number of hydrogen-bond acceptors (Lipinski definition) is 4. The predicted molar refractivity (Wildman–Crippen MR) is 124 cm³/mol. The maximum atomic E-state index is 12.8. The van der Waals surface area contributed by atoms with Crippen LogP contribution in [0.15, 0.2) is 91.1 Å². The Labute approximate surface area is 182 Å². The van der Waals surface area contributed by atoms with Gasteiger partial charge in [0.2, 0.25) is 0 Å². The van der Waals surface area contributed by atoms with Gasteiger partial charge in [-0.2, -0.15) is 0 Å². The number of carbonyl (C=O) groups excluding carboxylic acids is 1. The lowest BCUT2D eigenvalue weighted by molar-refractivity contribution is 0.0940. The Kier molecular flexibility index (Phi) is 6.03. The number of aryl methyl sites for hydroxylation is 1. The lowest BCUT2D eigenvalue weighted by atomic mass is 10.1. The Morgan fingerprint density at radius 2 is 1.68 bits per heavy atom. The molecule has 0 aliphatic carbocycles. The highest BCUT2D eigenvalue weighted by Crippen LogP contribution is 2.20. The summed E-state index contributed by atoms with van der Waals surface area (Å²) >= 11 is 0. The van der Waals surface area contributed by atoms with Gasteiger partial charge in [0.15, 0.2) is 5.82 Å². The molecule has 1 heterocycles. The fourth-order valence-corrected chi connectivity index (χ4v) is 3.26. The third-order valence-corrected chi connectivity index (χ3v) is 5.01. The summed E-state index contributed by atoms with van der Waals surface area (Å²) in [7, 11) is 0. The van der Waals surface area contributed by atoms with Gasteiger partial charge in [-0.3, -0.25) is 4.79 Å². The second kappa shape index (κ2) is 9.22. The van der Waals surface area contributed by atoms with Gasteiger partial charge in [-0.15, -0.1) is 0 Å². The van der Waals surface area contributed by atoms with Gasteiger partial charge >= 0.3 is 0 Å². The lowest BCUT2D eigenvalue weighted by Gasteiger charge is -2.15. The number of anilines is 2. The minimum absolute atomic E-state index is 0.0833. The normalized spacial score (nSPS) is 11.5. The van der Waals surface area contributed by atoms with E-state index in [9.17, 15) is 4.79 Å². The van der Waals surface area contributed by atoms with Crippen LogP contribution in [0.4, 0.5) is 11.5 Å². The van der Waals surface area contributed by atoms with E-state index >= 15 is 0 Å². The van der Waals surface area contributed by atoms with Crippen molar-refractivity contribution in [3.05, 3.63) is 108 Å². The SMILES string of the molecule is Cc1ccc([C@H](C)NC(=O)c2cccc(Nc3ccnc(-c4ccccc4)n3)c2)cc1. The molecule has 1 aromatic heterocycles. The van der Waals surface area contributed by atoms with Crippen LogP contribution < -0.4 is 10.6 Å². The maximum absolute atomic E-state index is 12.8. The number of benzene rings is 3. The summed E-state index contributed by atoms with van der Waals surface area (Å²) in [5, 5.41) is 6.33. The number of hydrogen-bond donors (Lipinski definition) is 2. The monoisotopic (exact) mass is 408 g/mol. The standard InChI is InChI=1S/C26H24N4O/c1-18-11-13-20(14-12-18)19(2)28-26(31)22-9-6-10-23(17-22)29-24-15-16-27-25(30-24)21-7-4-3-5-8-21/h3-17,19H,1-2H3,(H,28,31)(H,27,29,30)/t19-/m0/s1. The van der Waals surface area contributed by atoms with Crippen LogP contribution in [-0.4, -0.2) is 15.9 Å².